The lowest BCUT2D eigenvalue weighted by Gasteiger charge is -2.11. The maximum Gasteiger partial charge on any atom is 0.191 e. The van der Waals surface area contributed by atoms with Crippen LogP contribution in [-0.2, 0) is 23.1 Å². The van der Waals surface area contributed by atoms with Crippen molar-refractivity contribution in [3.05, 3.63) is 18.0 Å². The number of methoxy groups -OCH3 is 1. The highest BCUT2D eigenvalue weighted by molar-refractivity contribution is 14.0. The second-order valence-electron chi connectivity index (χ2n) is 4.60. The normalized spacial score (nSPS) is 11.1. The van der Waals surface area contributed by atoms with E-state index in [0.29, 0.717) is 19.8 Å². The number of ether oxygens (including phenoxy) is 2. The van der Waals surface area contributed by atoms with Crippen LogP contribution in [0.1, 0.15) is 18.9 Å². The Bertz CT molecular complexity index is 412. The first-order chi connectivity index (χ1) is 10.3. The molecule has 0 unspecified atom stereocenters. The Hall–Kier alpha value is -0.870. The van der Waals surface area contributed by atoms with Gasteiger partial charge in [-0.15, -0.1) is 24.0 Å². The van der Waals surface area contributed by atoms with Crippen LogP contribution in [0.3, 0.4) is 0 Å². The minimum atomic E-state index is 0. The Labute approximate surface area is 149 Å². The molecule has 0 amide bonds. The molecule has 8 heteroatoms. The molecule has 0 saturated heterocycles. The molecule has 0 aromatic carbocycles. The Balaban J connectivity index is 0.00000441. The highest BCUT2D eigenvalue weighted by atomic mass is 127. The Morgan fingerprint density at radius 1 is 1.32 bits per heavy atom. The van der Waals surface area contributed by atoms with E-state index in [1.165, 1.54) is 0 Å². The van der Waals surface area contributed by atoms with E-state index in [0.717, 1.165) is 37.6 Å². The number of nitrogens with zero attached hydrogens (tertiary/aromatic N) is 3. The molecule has 22 heavy (non-hydrogen) atoms. The van der Waals surface area contributed by atoms with Crippen molar-refractivity contribution in [2.75, 3.05) is 40.0 Å². The summed E-state index contributed by atoms with van der Waals surface area (Å²) in [7, 11) is 3.58. The van der Waals surface area contributed by atoms with E-state index in [9.17, 15) is 0 Å². The molecule has 0 aliphatic carbocycles. The first-order valence-corrected chi connectivity index (χ1v) is 7.32. The molecule has 128 valence electrons. The van der Waals surface area contributed by atoms with Crippen LogP contribution >= 0.6 is 24.0 Å². The summed E-state index contributed by atoms with van der Waals surface area (Å²) in [6, 6.07) is 0. The van der Waals surface area contributed by atoms with Gasteiger partial charge in [-0.2, -0.15) is 5.10 Å². The Kier molecular flexibility index (Phi) is 13.2. The van der Waals surface area contributed by atoms with E-state index in [4.69, 9.17) is 9.47 Å². The molecule has 1 aromatic heterocycles. The fourth-order valence-corrected chi connectivity index (χ4v) is 1.69. The highest BCUT2D eigenvalue weighted by Crippen LogP contribution is 1.97. The molecule has 0 saturated carbocycles. The maximum absolute atomic E-state index is 5.41. The number of guanidine groups is 1. The van der Waals surface area contributed by atoms with Crippen LogP contribution in [0.15, 0.2) is 17.4 Å². The van der Waals surface area contributed by atoms with Gasteiger partial charge in [0.25, 0.3) is 0 Å². The summed E-state index contributed by atoms with van der Waals surface area (Å²) in [6.07, 6.45) is 4.73. The Morgan fingerprint density at radius 2 is 2.14 bits per heavy atom. The van der Waals surface area contributed by atoms with Gasteiger partial charge in [0.2, 0.25) is 0 Å². The van der Waals surface area contributed by atoms with E-state index in [2.05, 4.69) is 27.6 Å². The minimum Gasteiger partial charge on any atom is -0.382 e. The standard InChI is InChI=1S/C14H27N5O2.HI/c1-4-15-14(16-6-5-7-21-9-8-20-3)17-10-13-11-18-19(2)12-13;/h11-12H,4-10H2,1-3H3,(H2,15,16,17);1H. The van der Waals surface area contributed by atoms with Gasteiger partial charge >= 0.3 is 0 Å². The quantitative estimate of drug-likeness (QED) is 0.255. The summed E-state index contributed by atoms with van der Waals surface area (Å²) in [6.45, 7) is 6.34. The molecule has 0 bridgehead atoms. The van der Waals surface area contributed by atoms with Gasteiger partial charge < -0.3 is 20.1 Å². The summed E-state index contributed by atoms with van der Waals surface area (Å²) < 4.78 is 12.1. The average Bonchev–Trinajstić information content (AvgIpc) is 2.89. The lowest BCUT2D eigenvalue weighted by atomic mass is 10.4. The third-order valence-corrected chi connectivity index (χ3v) is 2.71. The number of rotatable bonds is 10. The number of aliphatic imine (C=N–C) groups is 1. The van der Waals surface area contributed by atoms with Crippen molar-refractivity contribution in [1.29, 1.82) is 0 Å². The van der Waals surface area contributed by atoms with Crippen LogP contribution in [0.2, 0.25) is 0 Å². The molecule has 1 rings (SSSR count). The zero-order valence-corrected chi connectivity index (χ0v) is 16.0. The molecule has 1 aromatic rings. The Morgan fingerprint density at radius 3 is 2.77 bits per heavy atom. The molecule has 0 aliphatic rings. The number of aromatic nitrogens is 2. The van der Waals surface area contributed by atoms with E-state index in [1.807, 2.05) is 19.4 Å². The van der Waals surface area contributed by atoms with Gasteiger partial charge in [0.05, 0.1) is 26.0 Å². The summed E-state index contributed by atoms with van der Waals surface area (Å²) >= 11 is 0. The van der Waals surface area contributed by atoms with Crippen LogP contribution in [-0.4, -0.2) is 55.8 Å². The topological polar surface area (TPSA) is 72.7 Å². The predicted molar refractivity (Wildman–Crippen MR) is 98.8 cm³/mol. The smallest absolute Gasteiger partial charge is 0.191 e. The highest BCUT2D eigenvalue weighted by Gasteiger charge is 1.99. The van der Waals surface area contributed by atoms with Crippen molar-refractivity contribution < 1.29 is 9.47 Å². The van der Waals surface area contributed by atoms with Crippen LogP contribution in [0, 0.1) is 0 Å². The van der Waals surface area contributed by atoms with Gasteiger partial charge in [-0.3, -0.25) is 4.68 Å². The van der Waals surface area contributed by atoms with E-state index < -0.39 is 0 Å². The lowest BCUT2D eigenvalue weighted by Crippen LogP contribution is -2.38. The molecular formula is C14H28IN5O2. The molecule has 1 heterocycles. The maximum atomic E-state index is 5.41. The van der Waals surface area contributed by atoms with E-state index in [-0.39, 0.29) is 24.0 Å². The zero-order valence-electron chi connectivity index (χ0n) is 13.7. The van der Waals surface area contributed by atoms with Gasteiger partial charge in [-0.1, -0.05) is 0 Å². The second kappa shape index (κ2) is 13.8. The minimum absolute atomic E-state index is 0. The van der Waals surface area contributed by atoms with Crippen LogP contribution in [0.4, 0.5) is 0 Å². The number of nitrogens with one attached hydrogen (secondary N) is 2. The van der Waals surface area contributed by atoms with Crippen molar-refractivity contribution in [3.8, 4) is 0 Å². The third kappa shape index (κ3) is 9.96. The van der Waals surface area contributed by atoms with Gasteiger partial charge in [0.15, 0.2) is 5.96 Å². The predicted octanol–water partition coefficient (Wildman–Crippen LogP) is 1.15. The molecule has 0 fully saturated rings. The summed E-state index contributed by atoms with van der Waals surface area (Å²) in [5, 5.41) is 10.6. The number of aryl methyl sites for hydroxylation is 1. The summed E-state index contributed by atoms with van der Waals surface area (Å²) in [5.41, 5.74) is 1.10. The second-order valence-corrected chi connectivity index (χ2v) is 4.60. The average molecular weight is 425 g/mol. The van der Waals surface area contributed by atoms with Crippen molar-refractivity contribution >= 4 is 29.9 Å². The van der Waals surface area contributed by atoms with Crippen molar-refractivity contribution in [2.45, 2.75) is 19.9 Å². The zero-order chi connectivity index (χ0) is 15.3. The molecule has 0 atom stereocenters. The number of halogens is 1. The largest absolute Gasteiger partial charge is 0.382 e. The van der Waals surface area contributed by atoms with Crippen molar-refractivity contribution in [2.24, 2.45) is 12.0 Å². The lowest BCUT2D eigenvalue weighted by molar-refractivity contribution is 0.0698. The number of hydrogen-bond acceptors (Lipinski definition) is 4. The molecule has 2 N–H and O–H groups in total. The summed E-state index contributed by atoms with van der Waals surface area (Å²) in [4.78, 5) is 4.52. The van der Waals surface area contributed by atoms with Crippen LogP contribution in [0.5, 0.6) is 0 Å². The van der Waals surface area contributed by atoms with Gasteiger partial charge in [0, 0.05) is 45.6 Å². The molecule has 0 aliphatic heterocycles. The SMILES string of the molecule is CCNC(=NCc1cnn(C)c1)NCCCOCCOC.I. The molecule has 0 spiro atoms. The first-order valence-electron chi connectivity index (χ1n) is 7.32. The van der Waals surface area contributed by atoms with E-state index in [1.54, 1.807) is 11.8 Å². The fraction of sp³-hybridized carbons (Fsp3) is 0.714. The van der Waals surface area contributed by atoms with Gasteiger partial charge in [-0.25, -0.2) is 4.99 Å². The van der Waals surface area contributed by atoms with Crippen molar-refractivity contribution in [3.63, 3.8) is 0 Å². The van der Waals surface area contributed by atoms with Crippen LogP contribution < -0.4 is 10.6 Å². The monoisotopic (exact) mass is 425 g/mol. The molecular weight excluding hydrogens is 397 g/mol. The summed E-state index contributed by atoms with van der Waals surface area (Å²) in [5.74, 6) is 0.818. The fourth-order valence-electron chi connectivity index (χ4n) is 1.69. The first kappa shape index (κ1) is 21.1. The van der Waals surface area contributed by atoms with Gasteiger partial charge in [0.1, 0.15) is 0 Å². The van der Waals surface area contributed by atoms with E-state index >= 15 is 0 Å². The van der Waals surface area contributed by atoms with Crippen LogP contribution in [0.25, 0.3) is 0 Å². The van der Waals surface area contributed by atoms with Gasteiger partial charge in [-0.05, 0) is 13.3 Å². The third-order valence-electron chi connectivity index (χ3n) is 2.71. The molecule has 7 nitrogen and oxygen atoms in total. The van der Waals surface area contributed by atoms with Crippen molar-refractivity contribution in [1.82, 2.24) is 20.4 Å². The number of hydrogen-bond donors (Lipinski definition) is 2. The molecule has 0 radical (unpaired) electrons.